The molecule has 110 valence electrons. The van der Waals surface area contributed by atoms with Gasteiger partial charge in [0.2, 0.25) is 0 Å². The number of nitrogens with zero attached hydrogens (tertiary/aromatic N) is 1. The van der Waals surface area contributed by atoms with Gasteiger partial charge in [-0.15, -0.1) is 0 Å². The van der Waals surface area contributed by atoms with E-state index in [9.17, 15) is 4.79 Å². The van der Waals surface area contributed by atoms with Crippen LogP contribution in [-0.2, 0) is 0 Å². The lowest BCUT2D eigenvalue weighted by molar-refractivity contribution is 0.102. The quantitative estimate of drug-likeness (QED) is 0.904. The normalized spacial score (nSPS) is 10.1. The summed E-state index contributed by atoms with van der Waals surface area (Å²) in [6, 6.07) is 13.5. The maximum atomic E-state index is 12.5. The van der Waals surface area contributed by atoms with Crippen LogP contribution in [0.3, 0.4) is 0 Å². The minimum absolute atomic E-state index is 0.117. The van der Waals surface area contributed by atoms with Gasteiger partial charge in [0.05, 0.1) is 16.9 Å². The van der Waals surface area contributed by atoms with Crippen molar-refractivity contribution >= 4 is 23.0 Å². The third kappa shape index (κ3) is 3.34. The third-order valence-corrected chi connectivity index (χ3v) is 3.32. The fraction of sp³-hybridized carbons (Fsp3) is 0.235. The van der Waals surface area contributed by atoms with Crippen molar-refractivity contribution in [2.24, 2.45) is 0 Å². The molecule has 0 aliphatic carbocycles. The lowest BCUT2D eigenvalue weighted by atomic mass is 10.1. The number of amides is 1. The average Bonchev–Trinajstić information content (AvgIpc) is 2.47. The predicted molar refractivity (Wildman–Crippen MR) is 89.4 cm³/mol. The Labute approximate surface area is 125 Å². The highest BCUT2D eigenvalue weighted by molar-refractivity contribution is 6.09. The topological polar surface area (TPSA) is 44.4 Å². The van der Waals surface area contributed by atoms with Gasteiger partial charge in [-0.25, -0.2) is 0 Å². The summed E-state index contributed by atoms with van der Waals surface area (Å²) in [6.45, 7) is 2.00. The summed E-state index contributed by atoms with van der Waals surface area (Å²) >= 11 is 0. The number of nitrogens with one attached hydrogen (secondary N) is 2. The summed E-state index contributed by atoms with van der Waals surface area (Å²) in [5, 5.41) is 6.05. The van der Waals surface area contributed by atoms with Crippen LogP contribution in [0, 0.1) is 6.92 Å². The Hall–Kier alpha value is -2.49. The standard InChI is InChI=1S/C17H21N3O/c1-12-9-10-13(15(11-12)18-2)17(21)19-14-7-5-6-8-16(14)20(3)4/h5-11,18H,1-4H3,(H,19,21). The van der Waals surface area contributed by atoms with Crippen molar-refractivity contribution in [3.05, 3.63) is 53.6 Å². The van der Waals surface area contributed by atoms with Crippen LogP contribution in [-0.4, -0.2) is 27.1 Å². The second-order valence-corrected chi connectivity index (χ2v) is 5.16. The van der Waals surface area contributed by atoms with Gasteiger partial charge in [-0.3, -0.25) is 4.79 Å². The average molecular weight is 283 g/mol. The van der Waals surface area contributed by atoms with Crippen LogP contribution in [0.25, 0.3) is 0 Å². The summed E-state index contributed by atoms with van der Waals surface area (Å²) in [4.78, 5) is 14.5. The van der Waals surface area contributed by atoms with Gasteiger partial charge < -0.3 is 15.5 Å². The molecule has 21 heavy (non-hydrogen) atoms. The number of carbonyl (C=O) groups excluding carboxylic acids is 1. The number of hydrogen-bond donors (Lipinski definition) is 2. The highest BCUT2D eigenvalue weighted by atomic mass is 16.1. The lowest BCUT2D eigenvalue weighted by Gasteiger charge is -2.18. The van der Waals surface area contributed by atoms with Gasteiger partial charge in [-0.2, -0.15) is 0 Å². The molecule has 0 aliphatic heterocycles. The van der Waals surface area contributed by atoms with Crippen molar-refractivity contribution in [3.63, 3.8) is 0 Å². The molecular formula is C17H21N3O. The largest absolute Gasteiger partial charge is 0.387 e. The van der Waals surface area contributed by atoms with E-state index < -0.39 is 0 Å². The van der Waals surface area contributed by atoms with Crippen LogP contribution in [0.15, 0.2) is 42.5 Å². The number of para-hydroxylation sites is 2. The number of hydrogen-bond acceptors (Lipinski definition) is 3. The summed E-state index contributed by atoms with van der Waals surface area (Å²) in [7, 11) is 5.73. The van der Waals surface area contributed by atoms with Crippen LogP contribution in [0.4, 0.5) is 17.1 Å². The van der Waals surface area contributed by atoms with E-state index >= 15 is 0 Å². The molecule has 0 unspecified atom stereocenters. The van der Waals surface area contributed by atoms with Gasteiger partial charge in [0.25, 0.3) is 5.91 Å². The third-order valence-electron chi connectivity index (χ3n) is 3.32. The second-order valence-electron chi connectivity index (χ2n) is 5.16. The summed E-state index contributed by atoms with van der Waals surface area (Å²) in [5.74, 6) is -0.117. The van der Waals surface area contributed by atoms with Crippen LogP contribution in [0.1, 0.15) is 15.9 Å². The van der Waals surface area contributed by atoms with Crippen LogP contribution >= 0.6 is 0 Å². The van der Waals surface area contributed by atoms with Gasteiger partial charge >= 0.3 is 0 Å². The summed E-state index contributed by atoms with van der Waals surface area (Å²) < 4.78 is 0. The highest BCUT2D eigenvalue weighted by Crippen LogP contribution is 2.25. The molecule has 4 heteroatoms. The molecule has 0 bridgehead atoms. The highest BCUT2D eigenvalue weighted by Gasteiger charge is 2.13. The molecule has 2 N–H and O–H groups in total. The van der Waals surface area contributed by atoms with Gasteiger partial charge in [-0.05, 0) is 36.8 Å². The number of benzene rings is 2. The Morgan fingerprint density at radius 3 is 2.43 bits per heavy atom. The lowest BCUT2D eigenvalue weighted by Crippen LogP contribution is -2.17. The van der Waals surface area contributed by atoms with Gasteiger partial charge in [0, 0.05) is 26.8 Å². The number of rotatable bonds is 4. The molecule has 4 nitrogen and oxygen atoms in total. The zero-order valence-corrected chi connectivity index (χ0v) is 12.9. The number of aryl methyl sites for hydroxylation is 1. The summed E-state index contributed by atoms with van der Waals surface area (Å²) in [5.41, 5.74) is 4.36. The maximum Gasteiger partial charge on any atom is 0.257 e. The smallest absolute Gasteiger partial charge is 0.257 e. The van der Waals surface area contributed by atoms with Gasteiger partial charge in [0.15, 0.2) is 0 Å². The maximum absolute atomic E-state index is 12.5. The fourth-order valence-corrected chi connectivity index (χ4v) is 2.22. The molecule has 2 rings (SSSR count). The molecule has 0 fully saturated rings. The van der Waals surface area contributed by atoms with E-state index in [1.54, 1.807) is 0 Å². The van der Waals surface area contributed by atoms with Crippen LogP contribution < -0.4 is 15.5 Å². The van der Waals surface area contributed by atoms with Crippen LogP contribution in [0.5, 0.6) is 0 Å². The fourth-order valence-electron chi connectivity index (χ4n) is 2.22. The van der Waals surface area contributed by atoms with Gasteiger partial charge in [0.1, 0.15) is 0 Å². The molecule has 0 atom stereocenters. The van der Waals surface area contributed by atoms with Crippen molar-refractivity contribution in [1.29, 1.82) is 0 Å². The van der Waals surface area contributed by atoms with Crippen molar-refractivity contribution in [3.8, 4) is 0 Å². The molecule has 0 aromatic heterocycles. The molecule has 0 saturated heterocycles. The van der Waals surface area contributed by atoms with Crippen molar-refractivity contribution in [1.82, 2.24) is 0 Å². The molecule has 0 saturated carbocycles. The van der Waals surface area contributed by atoms with Gasteiger partial charge in [-0.1, -0.05) is 18.2 Å². The molecule has 1 amide bonds. The predicted octanol–water partition coefficient (Wildman–Crippen LogP) is 3.36. The monoisotopic (exact) mass is 283 g/mol. The molecule has 0 aliphatic rings. The number of anilines is 3. The van der Waals surface area contributed by atoms with E-state index in [2.05, 4.69) is 10.6 Å². The molecular weight excluding hydrogens is 262 g/mol. The molecule has 0 spiro atoms. The number of carbonyl (C=O) groups is 1. The SMILES string of the molecule is CNc1cc(C)ccc1C(=O)Nc1ccccc1N(C)C. The Kier molecular flexibility index (Phi) is 4.48. The minimum Gasteiger partial charge on any atom is -0.387 e. The first-order valence-electron chi connectivity index (χ1n) is 6.89. The zero-order valence-electron chi connectivity index (χ0n) is 12.9. The molecule has 2 aromatic carbocycles. The first-order chi connectivity index (χ1) is 10.0. The second kappa shape index (κ2) is 6.31. The Bertz CT molecular complexity index is 650. The molecule has 0 radical (unpaired) electrons. The molecule has 0 heterocycles. The first kappa shape index (κ1) is 14.9. The van der Waals surface area contributed by atoms with E-state index in [1.165, 1.54) is 0 Å². The molecule has 2 aromatic rings. The van der Waals surface area contributed by atoms with Crippen molar-refractivity contribution in [2.75, 3.05) is 36.7 Å². The Morgan fingerprint density at radius 2 is 1.76 bits per heavy atom. The van der Waals surface area contributed by atoms with E-state index in [0.29, 0.717) is 5.56 Å². The van der Waals surface area contributed by atoms with E-state index in [0.717, 1.165) is 22.6 Å². The summed E-state index contributed by atoms with van der Waals surface area (Å²) in [6.07, 6.45) is 0. The van der Waals surface area contributed by atoms with Crippen molar-refractivity contribution < 1.29 is 4.79 Å². The first-order valence-corrected chi connectivity index (χ1v) is 6.89. The van der Waals surface area contributed by atoms with Crippen molar-refractivity contribution in [2.45, 2.75) is 6.92 Å². The zero-order chi connectivity index (χ0) is 15.4. The van der Waals surface area contributed by atoms with E-state index in [1.807, 2.05) is 75.4 Å². The van der Waals surface area contributed by atoms with Crippen LogP contribution in [0.2, 0.25) is 0 Å². The Balaban J connectivity index is 2.31. The minimum atomic E-state index is -0.117. The van der Waals surface area contributed by atoms with E-state index in [4.69, 9.17) is 0 Å². The van der Waals surface area contributed by atoms with E-state index in [-0.39, 0.29) is 5.91 Å². The Morgan fingerprint density at radius 1 is 1.05 bits per heavy atom.